The van der Waals surface area contributed by atoms with Crippen LogP contribution in [0.3, 0.4) is 0 Å². The Kier molecular flexibility index (Phi) is 5.41. The maximum atomic E-state index is 12.2. The van der Waals surface area contributed by atoms with Crippen molar-refractivity contribution in [3.8, 4) is 0 Å². The fraction of sp³-hybridized carbons (Fsp3) is 0.368. The molecule has 0 spiro atoms. The standard InChI is InChI=1S/C19H23N3OS/c1-15-13-20-14-18-19(15)22(16(2)21-18)11-7-4-8-12-24(23)17-9-5-3-6-10-17/h3,5-6,9-10,13-14H,4,7-8,11-12H2,1-2H3. The van der Waals surface area contributed by atoms with E-state index in [2.05, 4.69) is 21.5 Å². The molecule has 2 heterocycles. The van der Waals surface area contributed by atoms with E-state index in [-0.39, 0.29) is 0 Å². The van der Waals surface area contributed by atoms with Crippen molar-refractivity contribution >= 4 is 21.8 Å². The quantitative estimate of drug-likeness (QED) is 0.610. The number of fused-ring (bicyclic) bond motifs is 1. The van der Waals surface area contributed by atoms with Gasteiger partial charge in [0.25, 0.3) is 0 Å². The van der Waals surface area contributed by atoms with Gasteiger partial charge in [-0.1, -0.05) is 24.6 Å². The van der Waals surface area contributed by atoms with Crippen molar-refractivity contribution in [3.63, 3.8) is 0 Å². The van der Waals surface area contributed by atoms with Crippen LogP contribution >= 0.6 is 0 Å². The summed E-state index contributed by atoms with van der Waals surface area (Å²) >= 11 is 0. The van der Waals surface area contributed by atoms with Crippen LogP contribution in [-0.4, -0.2) is 24.5 Å². The van der Waals surface area contributed by atoms with Crippen molar-refractivity contribution in [2.75, 3.05) is 5.75 Å². The molecule has 0 aliphatic carbocycles. The third-order valence-corrected chi connectivity index (χ3v) is 5.70. The molecule has 1 aromatic carbocycles. The lowest BCUT2D eigenvalue weighted by atomic mass is 10.2. The van der Waals surface area contributed by atoms with Gasteiger partial charge >= 0.3 is 0 Å². The highest BCUT2D eigenvalue weighted by Gasteiger charge is 2.09. The van der Waals surface area contributed by atoms with Crippen LogP contribution in [0.2, 0.25) is 0 Å². The molecule has 0 saturated carbocycles. The zero-order valence-electron chi connectivity index (χ0n) is 14.2. The number of aryl methyl sites for hydroxylation is 3. The van der Waals surface area contributed by atoms with Crippen molar-refractivity contribution in [3.05, 3.63) is 54.1 Å². The predicted molar refractivity (Wildman–Crippen MR) is 98.6 cm³/mol. The van der Waals surface area contributed by atoms with Crippen LogP contribution in [0.15, 0.2) is 47.6 Å². The first kappa shape index (κ1) is 16.8. The smallest absolute Gasteiger partial charge is 0.107 e. The minimum absolute atomic E-state index is 0.733. The van der Waals surface area contributed by atoms with Crippen molar-refractivity contribution in [1.82, 2.24) is 14.5 Å². The Labute approximate surface area is 145 Å². The molecule has 0 radical (unpaired) electrons. The second-order valence-corrected chi connectivity index (χ2v) is 7.63. The maximum Gasteiger partial charge on any atom is 0.107 e. The summed E-state index contributed by atoms with van der Waals surface area (Å²) in [5, 5.41) is 0. The van der Waals surface area contributed by atoms with Crippen LogP contribution in [-0.2, 0) is 17.3 Å². The number of hydrogen-bond acceptors (Lipinski definition) is 3. The van der Waals surface area contributed by atoms with Gasteiger partial charge in [0, 0.05) is 23.4 Å². The molecule has 0 bridgehead atoms. The Balaban J connectivity index is 1.52. The Morgan fingerprint density at radius 2 is 1.83 bits per heavy atom. The monoisotopic (exact) mass is 341 g/mol. The van der Waals surface area contributed by atoms with Gasteiger partial charge in [0.2, 0.25) is 0 Å². The summed E-state index contributed by atoms with van der Waals surface area (Å²) in [6, 6.07) is 9.71. The maximum absolute atomic E-state index is 12.2. The van der Waals surface area contributed by atoms with E-state index in [0.717, 1.165) is 47.8 Å². The lowest BCUT2D eigenvalue weighted by Crippen LogP contribution is -2.03. The van der Waals surface area contributed by atoms with Crippen molar-refractivity contribution in [1.29, 1.82) is 0 Å². The number of imidazole rings is 1. The highest BCUT2D eigenvalue weighted by Crippen LogP contribution is 2.19. The zero-order valence-corrected chi connectivity index (χ0v) is 15.1. The van der Waals surface area contributed by atoms with Gasteiger partial charge < -0.3 is 4.57 Å². The van der Waals surface area contributed by atoms with E-state index in [4.69, 9.17) is 0 Å². The van der Waals surface area contributed by atoms with Crippen molar-refractivity contribution in [2.24, 2.45) is 0 Å². The summed E-state index contributed by atoms with van der Waals surface area (Å²) in [5.74, 6) is 1.77. The van der Waals surface area contributed by atoms with Gasteiger partial charge in [-0.25, -0.2) is 4.98 Å². The zero-order chi connectivity index (χ0) is 16.9. The highest BCUT2D eigenvalue weighted by molar-refractivity contribution is 7.85. The average molecular weight is 341 g/mol. The van der Waals surface area contributed by atoms with Gasteiger partial charge in [0.05, 0.1) is 22.5 Å². The third-order valence-electron chi connectivity index (χ3n) is 4.24. The van der Waals surface area contributed by atoms with Gasteiger partial charge in [-0.05, 0) is 44.4 Å². The average Bonchev–Trinajstić information content (AvgIpc) is 2.92. The van der Waals surface area contributed by atoms with E-state index in [1.807, 2.05) is 49.6 Å². The minimum Gasteiger partial charge on any atom is -0.328 e. The van der Waals surface area contributed by atoms with E-state index in [9.17, 15) is 4.21 Å². The first-order chi connectivity index (χ1) is 11.7. The summed E-state index contributed by atoms with van der Waals surface area (Å²) in [4.78, 5) is 9.74. The van der Waals surface area contributed by atoms with Crippen LogP contribution in [0.5, 0.6) is 0 Å². The lowest BCUT2D eigenvalue weighted by molar-refractivity contribution is 0.600. The van der Waals surface area contributed by atoms with Crippen molar-refractivity contribution in [2.45, 2.75) is 44.6 Å². The SMILES string of the molecule is Cc1cncc2nc(C)n(CCCCCS(=O)c3ccccc3)c12. The molecule has 4 nitrogen and oxygen atoms in total. The molecular formula is C19H23N3OS. The molecule has 0 saturated heterocycles. The second kappa shape index (κ2) is 7.71. The fourth-order valence-electron chi connectivity index (χ4n) is 3.02. The topological polar surface area (TPSA) is 47.8 Å². The van der Waals surface area contributed by atoms with Gasteiger partial charge in [-0.2, -0.15) is 0 Å². The molecule has 3 aromatic rings. The predicted octanol–water partition coefficient (Wildman–Crippen LogP) is 4.03. The third kappa shape index (κ3) is 3.73. The molecule has 2 aromatic heterocycles. The van der Waals surface area contributed by atoms with E-state index in [1.54, 1.807) is 0 Å². The Hall–Kier alpha value is -2.01. The molecule has 0 aliphatic rings. The summed E-state index contributed by atoms with van der Waals surface area (Å²) in [5.41, 5.74) is 3.33. The number of benzene rings is 1. The molecule has 126 valence electrons. The molecule has 1 unspecified atom stereocenters. The molecule has 3 rings (SSSR count). The molecule has 0 amide bonds. The molecule has 5 heteroatoms. The van der Waals surface area contributed by atoms with Gasteiger partial charge in [0.15, 0.2) is 0 Å². The van der Waals surface area contributed by atoms with Crippen molar-refractivity contribution < 1.29 is 4.21 Å². The number of rotatable bonds is 7. The van der Waals surface area contributed by atoms with Crippen LogP contribution < -0.4 is 0 Å². The van der Waals surface area contributed by atoms with Crippen LogP contribution in [0.4, 0.5) is 0 Å². The number of nitrogens with zero attached hydrogens (tertiary/aromatic N) is 3. The summed E-state index contributed by atoms with van der Waals surface area (Å²) in [7, 11) is -0.881. The molecule has 24 heavy (non-hydrogen) atoms. The van der Waals surface area contributed by atoms with Crippen LogP contribution in [0.1, 0.15) is 30.7 Å². The Morgan fingerprint density at radius 1 is 1.04 bits per heavy atom. The Morgan fingerprint density at radius 3 is 2.62 bits per heavy atom. The number of unbranched alkanes of at least 4 members (excludes halogenated alkanes) is 2. The largest absolute Gasteiger partial charge is 0.328 e. The molecule has 1 atom stereocenters. The number of aromatic nitrogens is 3. The minimum atomic E-state index is -0.881. The first-order valence-corrected chi connectivity index (χ1v) is 9.69. The van der Waals surface area contributed by atoms with E-state index in [0.29, 0.717) is 0 Å². The molecule has 0 N–H and O–H groups in total. The van der Waals surface area contributed by atoms with Gasteiger partial charge in [0.1, 0.15) is 11.3 Å². The highest BCUT2D eigenvalue weighted by atomic mass is 32.2. The first-order valence-electron chi connectivity index (χ1n) is 8.37. The van der Waals surface area contributed by atoms with E-state index >= 15 is 0 Å². The summed E-state index contributed by atoms with van der Waals surface area (Å²) in [6.07, 6.45) is 6.84. The number of pyridine rings is 1. The number of hydrogen-bond donors (Lipinski definition) is 0. The molecule has 0 aliphatic heterocycles. The lowest BCUT2D eigenvalue weighted by Gasteiger charge is -2.08. The molecule has 0 fully saturated rings. The fourth-order valence-corrected chi connectivity index (χ4v) is 4.18. The molecular weight excluding hydrogens is 318 g/mol. The van der Waals surface area contributed by atoms with E-state index in [1.165, 1.54) is 11.1 Å². The Bertz CT molecular complexity index is 842. The van der Waals surface area contributed by atoms with Gasteiger partial charge in [-0.15, -0.1) is 0 Å². The van der Waals surface area contributed by atoms with E-state index < -0.39 is 10.8 Å². The van der Waals surface area contributed by atoms with Gasteiger partial charge in [-0.3, -0.25) is 9.19 Å². The summed E-state index contributed by atoms with van der Waals surface area (Å²) in [6.45, 7) is 5.07. The van der Waals surface area contributed by atoms with Crippen LogP contribution in [0.25, 0.3) is 11.0 Å². The normalized spacial score (nSPS) is 12.6. The second-order valence-electron chi connectivity index (χ2n) is 6.06. The summed E-state index contributed by atoms with van der Waals surface area (Å²) < 4.78 is 14.5. The van der Waals surface area contributed by atoms with Crippen LogP contribution in [0, 0.1) is 13.8 Å².